The number of guanidine groups is 1. The predicted octanol–water partition coefficient (Wildman–Crippen LogP) is 3.85. The van der Waals surface area contributed by atoms with E-state index in [0.29, 0.717) is 18.5 Å². The average Bonchev–Trinajstić information content (AvgIpc) is 3.46. The van der Waals surface area contributed by atoms with Gasteiger partial charge in [-0.25, -0.2) is 9.98 Å². The minimum absolute atomic E-state index is 0. The van der Waals surface area contributed by atoms with Gasteiger partial charge in [0.1, 0.15) is 12.0 Å². The van der Waals surface area contributed by atoms with Gasteiger partial charge in [-0.1, -0.05) is 24.6 Å². The number of aliphatic imine (C=N–C) groups is 1. The van der Waals surface area contributed by atoms with Crippen LogP contribution in [0.3, 0.4) is 0 Å². The number of hydrogen-bond donors (Lipinski definition) is 3. The van der Waals surface area contributed by atoms with E-state index in [4.69, 9.17) is 4.42 Å². The summed E-state index contributed by atoms with van der Waals surface area (Å²) in [5.41, 5.74) is 1.74. The summed E-state index contributed by atoms with van der Waals surface area (Å²) in [6.45, 7) is 3.26. The second-order valence-corrected chi connectivity index (χ2v) is 8.19. The van der Waals surface area contributed by atoms with Crippen LogP contribution in [0.5, 0.6) is 0 Å². The Morgan fingerprint density at radius 3 is 2.68 bits per heavy atom. The number of halogens is 1. The molecular weight excluding hydrogens is 505 g/mol. The number of hydrogen-bond acceptors (Lipinski definition) is 4. The molecule has 8 heteroatoms. The van der Waals surface area contributed by atoms with E-state index in [0.717, 1.165) is 62.3 Å². The zero-order chi connectivity index (χ0) is 20.8. The van der Waals surface area contributed by atoms with Gasteiger partial charge in [0.05, 0.1) is 6.54 Å². The predicted molar refractivity (Wildman–Crippen MR) is 132 cm³/mol. The van der Waals surface area contributed by atoms with E-state index in [-0.39, 0.29) is 41.8 Å². The van der Waals surface area contributed by atoms with Crippen molar-refractivity contribution in [1.29, 1.82) is 0 Å². The molecule has 1 aromatic carbocycles. The van der Waals surface area contributed by atoms with Gasteiger partial charge in [0, 0.05) is 30.1 Å². The summed E-state index contributed by atoms with van der Waals surface area (Å²) in [4.78, 5) is 21.7. The van der Waals surface area contributed by atoms with E-state index in [1.54, 1.807) is 6.26 Å². The largest absolute Gasteiger partial charge is 0.444 e. The summed E-state index contributed by atoms with van der Waals surface area (Å²) in [7, 11) is 0. The van der Waals surface area contributed by atoms with Gasteiger partial charge in [0.15, 0.2) is 5.96 Å². The molecule has 168 valence electrons. The minimum atomic E-state index is 0. The van der Waals surface area contributed by atoms with Crippen LogP contribution in [0.15, 0.2) is 46.0 Å². The molecule has 3 N–H and O–H groups in total. The normalized spacial score (nSPS) is 21.1. The zero-order valence-electron chi connectivity index (χ0n) is 18.0. The monoisotopic (exact) mass is 537 g/mol. The summed E-state index contributed by atoms with van der Waals surface area (Å²) in [5.74, 6) is 1.69. The third-order valence-corrected chi connectivity index (χ3v) is 5.63. The van der Waals surface area contributed by atoms with Crippen LogP contribution >= 0.6 is 24.0 Å². The van der Waals surface area contributed by atoms with Gasteiger partial charge in [0.2, 0.25) is 11.8 Å². The van der Waals surface area contributed by atoms with Crippen molar-refractivity contribution in [3.05, 3.63) is 42.3 Å². The lowest BCUT2D eigenvalue weighted by Crippen LogP contribution is -2.47. The molecule has 0 aliphatic heterocycles. The quantitative estimate of drug-likeness (QED) is 0.284. The fourth-order valence-electron chi connectivity index (χ4n) is 3.87. The molecule has 31 heavy (non-hydrogen) atoms. The summed E-state index contributed by atoms with van der Waals surface area (Å²) in [6.07, 6.45) is 7.87. The molecule has 1 aromatic heterocycles. The number of carbonyl (C=O) groups excluding carboxylic acids is 1. The molecule has 0 radical (unpaired) electrons. The highest BCUT2D eigenvalue weighted by molar-refractivity contribution is 14.0. The van der Waals surface area contributed by atoms with Crippen molar-refractivity contribution in [2.75, 3.05) is 6.54 Å². The highest BCUT2D eigenvalue weighted by atomic mass is 127. The fraction of sp³-hybridized carbons (Fsp3) is 0.522. The number of oxazole rings is 1. The number of aromatic nitrogens is 1. The zero-order valence-corrected chi connectivity index (χ0v) is 20.3. The van der Waals surface area contributed by atoms with Gasteiger partial charge in [0.25, 0.3) is 0 Å². The first-order chi connectivity index (χ1) is 14.7. The number of amides is 1. The molecule has 0 saturated heterocycles. The number of nitrogens with zero attached hydrogens (tertiary/aromatic N) is 2. The third-order valence-electron chi connectivity index (χ3n) is 5.63. The third kappa shape index (κ3) is 6.95. The Balaban J connectivity index is 0.00000272. The second-order valence-electron chi connectivity index (χ2n) is 8.19. The lowest BCUT2D eigenvalue weighted by molar-refractivity contribution is -0.126. The average molecular weight is 537 g/mol. The summed E-state index contributed by atoms with van der Waals surface area (Å²) < 4.78 is 5.60. The first-order valence-electron chi connectivity index (χ1n) is 11.1. The molecular formula is C23H32IN5O2. The maximum atomic E-state index is 12.4. The lowest BCUT2D eigenvalue weighted by atomic mass is 9.85. The van der Waals surface area contributed by atoms with Crippen LogP contribution < -0.4 is 16.0 Å². The summed E-state index contributed by atoms with van der Waals surface area (Å²) in [5, 5.41) is 9.98. The van der Waals surface area contributed by atoms with Crippen LogP contribution in [0.2, 0.25) is 0 Å². The van der Waals surface area contributed by atoms with Crippen LogP contribution in [0, 0.1) is 5.92 Å². The molecule has 2 atom stereocenters. The molecule has 1 amide bonds. The highest BCUT2D eigenvalue weighted by Crippen LogP contribution is 2.27. The van der Waals surface area contributed by atoms with Crippen molar-refractivity contribution in [1.82, 2.24) is 20.9 Å². The van der Waals surface area contributed by atoms with Gasteiger partial charge in [-0.15, -0.1) is 24.0 Å². The number of rotatable bonds is 7. The van der Waals surface area contributed by atoms with Gasteiger partial charge in [-0.2, -0.15) is 0 Å². The van der Waals surface area contributed by atoms with E-state index >= 15 is 0 Å². The van der Waals surface area contributed by atoms with Gasteiger partial charge in [-0.3, -0.25) is 4.79 Å². The van der Waals surface area contributed by atoms with E-state index in [1.165, 1.54) is 0 Å². The van der Waals surface area contributed by atoms with Crippen LogP contribution in [0.1, 0.15) is 51.1 Å². The fourth-order valence-corrected chi connectivity index (χ4v) is 3.87. The van der Waals surface area contributed by atoms with Crippen LogP contribution in [0.25, 0.3) is 11.5 Å². The van der Waals surface area contributed by atoms with Crippen molar-refractivity contribution in [3.63, 3.8) is 0 Å². The van der Waals surface area contributed by atoms with Crippen LogP contribution in [0.4, 0.5) is 0 Å². The molecule has 2 unspecified atom stereocenters. The smallest absolute Gasteiger partial charge is 0.226 e. The van der Waals surface area contributed by atoms with E-state index in [9.17, 15) is 4.79 Å². The topological polar surface area (TPSA) is 91.6 Å². The number of benzene rings is 1. The molecule has 2 aromatic rings. The Kier molecular flexibility index (Phi) is 8.74. The summed E-state index contributed by atoms with van der Waals surface area (Å²) in [6, 6.07) is 10.5. The molecule has 4 rings (SSSR count). The first kappa shape index (κ1) is 23.6. The molecule has 0 bridgehead atoms. The maximum Gasteiger partial charge on any atom is 0.226 e. The molecule has 7 nitrogen and oxygen atoms in total. The van der Waals surface area contributed by atoms with Gasteiger partial charge >= 0.3 is 0 Å². The van der Waals surface area contributed by atoms with Crippen molar-refractivity contribution in [2.45, 2.75) is 64.1 Å². The van der Waals surface area contributed by atoms with Crippen LogP contribution in [-0.2, 0) is 11.3 Å². The standard InChI is InChI=1S/C23H31N5O2.HI/c1-2-24-23(25-14-20-15-30-22(27-20)16-7-4-3-5-8-16)28-19-10-6-9-17(13-19)21(29)26-18-11-12-18;/h3-5,7-8,15,17-19H,2,6,9-14H2,1H3,(H,26,29)(H2,24,25,28);1H. The molecule has 0 spiro atoms. The van der Waals surface area contributed by atoms with Gasteiger partial charge < -0.3 is 20.4 Å². The van der Waals surface area contributed by atoms with Crippen molar-refractivity contribution in [2.24, 2.45) is 10.9 Å². The molecule has 2 fully saturated rings. The molecule has 2 aliphatic rings. The van der Waals surface area contributed by atoms with E-state index < -0.39 is 0 Å². The molecule has 2 saturated carbocycles. The number of carbonyl (C=O) groups is 1. The Hall–Kier alpha value is -2.10. The number of nitrogens with one attached hydrogen (secondary N) is 3. The highest BCUT2D eigenvalue weighted by Gasteiger charge is 2.31. The van der Waals surface area contributed by atoms with Crippen LogP contribution in [-0.4, -0.2) is 35.5 Å². The van der Waals surface area contributed by atoms with E-state index in [2.05, 4.69) is 25.9 Å². The van der Waals surface area contributed by atoms with Gasteiger partial charge in [-0.05, 0) is 51.2 Å². The van der Waals surface area contributed by atoms with Crippen molar-refractivity contribution in [3.8, 4) is 11.5 Å². The van der Waals surface area contributed by atoms with Crippen molar-refractivity contribution < 1.29 is 9.21 Å². The Bertz CT molecular complexity index is 866. The maximum absolute atomic E-state index is 12.4. The molecule has 2 aliphatic carbocycles. The summed E-state index contributed by atoms with van der Waals surface area (Å²) >= 11 is 0. The SMILES string of the molecule is CCNC(=NCc1coc(-c2ccccc2)n1)NC1CCCC(C(=O)NC2CC2)C1.I. The Morgan fingerprint density at radius 2 is 1.94 bits per heavy atom. The minimum Gasteiger partial charge on any atom is -0.444 e. The lowest BCUT2D eigenvalue weighted by Gasteiger charge is -2.30. The Morgan fingerprint density at radius 1 is 1.13 bits per heavy atom. The Labute approximate surface area is 200 Å². The van der Waals surface area contributed by atoms with Crippen molar-refractivity contribution >= 4 is 35.8 Å². The molecule has 1 heterocycles. The first-order valence-corrected chi connectivity index (χ1v) is 11.1. The van der Waals surface area contributed by atoms with E-state index in [1.807, 2.05) is 37.3 Å². The second kappa shape index (κ2) is 11.5.